The van der Waals surface area contributed by atoms with Crippen LogP contribution in [0.4, 0.5) is 0 Å². The highest BCUT2D eigenvalue weighted by Crippen LogP contribution is 2.13. The second kappa shape index (κ2) is 9.44. The van der Waals surface area contributed by atoms with Gasteiger partial charge in [0, 0.05) is 25.5 Å². The molecule has 0 bridgehead atoms. The van der Waals surface area contributed by atoms with Crippen molar-refractivity contribution in [3.05, 3.63) is 30.1 Å². The lowest BCUT2D eigenvalue weighted by atomic mass is 10.1. The minimum absolute atomic E-state index is 0.250. The number of nitrogens with one attached hydrogen (secondary N) is 1. The minimum atomic E-state index is -0.445. The van der Waals surface area contributed by atoms with Gasteiger partial charge in [-0.3, -0.25) is 10.3 Å². The standard InChI is InChI=1S/C15H25N3O2/c1-4-18(5-2)11-10-17-14(15(19)20-6-3)13-8-7-9-16-12-13/h7-9,12,14,17H,4-6,10-11H2,1-3H3. The average molecular weight is 279 g/mol. The Balaban J connectivity index is 2.62. The van der Waals surface area contributed by atoms with Gasteiger partial charge < -0.3 is 9.64 Å². The Morgan fingerprint density at radius 1 is 1.40 bits per heavy atom. The lowest BCUT2D eigenvalue weighted by Gasteiger charge is -2.21. The molecular weight excluding hydrogens is 254 g/mol. The molecule has 0 saturated carbocycles. The first-order chi connectivity index (χ1) is 9.72. The summed E-state index contributed by atoms with van der Waals surface area (Å²) in [7, 11) is 0. The fourth-order valence-corrected chi connectivity index (χ4v) is 2.02. The summed E-state index contributed by atoms with van der Waals surface area (Å²) in [4.78, 5) is 18.4. The fraction of sp³-hybridized carbons (Fsp3) is 0.600. The average Bonchev–Trinajstić information content (AvgIpc) is 2.48. The second-order valence-corrected chi connectivity index (χ2v) is 4.45. The van der Waals surface area contributed by atoms with E-state index in [1.54, 1.807) is 12.4 Å². The maximum absolute atomic E-state index is 12.0. The second-order valence-electron chi connectivity index (χ2n) is 4.45. The third-order valence-corrected chi connectivity index (χ3v) is 3.21. The van der Waals surface area contributed by atoms with Crippen LogP contribution in [0.2, 0.25) is 0 Å². The van der Waals surface area contributed by atoms with E-state index in [0.29, 0.717) is 6.61 Å². The summed E-state index contributed by atoms with van der Waals surface area (Å²) in [6.07, 6.45) is 3.40. The molecule has 1 unspecified atom stereocenters. The lowest BCUT2D eigenvalue weighted by molar-refractivity contribution is -0.145. The molecule has 1 N–H and O–H groups in total. The minimum Gasteiger partial charge on any atom is -0.465 e. The molecule has 1 atom stereocenters. The van der Waals surface area contributed by atoms with Crippen LogP contribution in [-0.4, -0.2) is 48.6 Å². The highest BCUT2D eigenvalue weighted by Gasteiger charge is 2.21. The Morgan fingerprint density at radius 2 is 2.15 bits per heavy atom. The summed E-state index contributed by atoms with van der Waals surface area (Å²) in [5, 5.41) is 3.26. The molecule has 1 aromatic heterocycles. The van der Waals surface area contributed by atoms with Gasteiger partial charge in [-0.15, -0.1) is 0 Å². The molecule has 1 heterocycles. The predicted octanol–water partition coefficient (Wildman–Crippen LogP) is 1.62. The number of aromatic nitrogens is 1. The van der Waals surface area contributed by atoms with Crippen LogP contribution in [0.3, 0.4) is 0 Å². The molecule has 1 rings (SSSR count). The van der Waals surface area contributed by atoms with Gasteiger partial charge in [0.1, 0.15) is 6.04 Å². The monoisotopic (exact) mass is 279 g/mol. The highest BCUT2D eigenvalue weighted by atomic mass is 16.5. The first-order valence-electron chi connectivity index (χ1n) is 7.25. The molecule has 0 aliphatic rings. The summed E-state index contributed by atoms with van der Waals surface area (Å²) in [5.41, 5.74) is 0.838. The number of ether oxygens (including phenoxy) is 1. The zero-order chi connectivity index (χ0) is 14.8. The molecule has 20 heavy (non-hydrogen) atoms. The largest absolute Gasteiger partial charge is 0.465 e. The maximum atomic E-state index is 12.0. The molecule has 0 amide bonds. The molecule has 5 nitrogen and oxygen atoms in total. The SMILES string of the molecule is CCOC(=O)C(NCCN(CC)CC)c1cccnc1. The Kier molecular flexibility index (Phi) is 7.84. The lowest BCUT2D eigenvalue weighted by Crippen LogP contribution is -2.37. The molecule has 1 aromatic rings. The van der Waals surface area contributed by atoms with Crippen LogP contribution in [0.25, 0.3) is 0 Å². The summed E-state index contributed by atoms with van der Waals surface area (Å²) < 4.78 is 5.13. The smallest absolute Gasteiger partial charge is 0.327 e. The number of hydrogen-bond acceptors (Lipinski definition) is 5. The van der Waals surface area contributed by atoms with Gasteiger partial charge in [0.05, 0.1) is 6.61 Å². The quantitative estimate of drug-likeness (QED) is 0.696. The van der Waals surface area contributed by atoms with E-state index in [4.69, 9.17) is 4.74 Å². The third kappa shape index (κ3) is 5.27. The van der Waals surface area contributed by atoms with Crippen molar-refractivity contribution >= 4 is 5.97 Å². The van der Waals surface area contributed by atoms with Crippen molar-refractivity contribution in [2.24, 2.45) is 0 Å². The molecule has 0 spiro atoms. The van der Waals surface area contributed by atoms with Crippen LogP contribution < -0.4 is 5.32 Å². The van der Waals surface area contributed by atoms with E-state index >= 15 is 0 Å². The molecule has 0 aliphatic heterocycles. The topological polar surface area (TPSA) is 54.5 Å². The van der Waals surface area contributed by atoms with Crippen molar-refractivity contribution in [2.75, 3.05) is 32.8 Å². The van der Waals surface area contributed by atoms with Gasteiger partial charge in [0.25, 0.3) is 0 Å². The number of carbonyl (C=O) groups excluding carboxylic acids is 1. The van der Waals surface area contributed by atoms with Crippen molar-refractivity contribution in [3.8, 4) is 0 Å². The number of pyridine rings is 1. The molecule has 0 saturated heterocycles. The van der Waals surface area contributed by atoms with Crippen LogP contribution in [0.1, 0.15) is 32.4 Å². The van der Waals surface area contributed by atoms with E-state index < -0.39 is 6.04 Å². The van der Waals surface area contributed by atoms with E-state index in [-0.39, 0.29) is 5.97 Å². The Hall–Kier alpha value is -1.46. The molecule has 0 radical (unpaired) electrons. The van der Waals surface area contributed by atoms with Gasteiger partial charge in [-0.25, -0.2) is 4.79 Å². The molecular formula is C15H25N3O2. The fourth-order valence-electron chi connectivity index (χ4n) is 2.02. The number of rotatable bonds is 9. The van der Waals surface area contributed by atoms with Gasteiger partial charge in [-0.05, 0) is 31.6 Å². The number of nitrogens with zero attached hydrogens (tertiary/aromatic N) is 2. The summed E-state index contributed by atoms with van der Waals surface area (Å²) in [5.74, 6) is -0.250. The van der Waals surface area contributed by atoms with Crippen molar-refractivity contribution in [1.29, 1.82) is 0 Å². The third-order valence-electron chi connectivity index (χ3n) is 3.21. The molecule has 0 aliphatic carbocycles. The molecule has 0 aromatic carbocycles. The zero-order valence-electron chi connectivity index (χ0n) is 12.6. The normalized spacial score (nSPS) is 12.4. The van der Waals surface area contributed by atoms with Crippen molar-refractivity contribution < 1.29 is 9.53 Å². The number of likely N-dealkylation sites (N-methyl/N-ethyl adjacent to an activating group) is 1. The number of hydrogen-bond donors (Lipinski definition) is 1. The molecule has 5 heteroatoms. The van der Waals surface area contributed by atoms with Crippen LogP contribution in [0.15, 0.2) is 24.5 Å². The van der Waals surface area contributed by atoms with E-state index in [1.165, 1.54) is 0 Å². The van der Waals surface area contributed by atoms with Gasteiger partial charge in [0.2, 0.25) is 0 Å². The summed E-state index contributed by atoms with van der Waals surface area (Å²) >= 11 is 0. The van der Waals surface area contributed by atoms with Gasteiger partial charge >= 0.3 is 5.97 Å². The number of esters is 1. The van der Waals surface area contributed by atoms with Crippen molar-refractivity contribution in [3.63, 3.8) is 0 Å². The van der Waals surface area contributed by atoms with Crippen LogP contribution >= 0.6 is 0 Å². The first-order valence-corrected chi connectivity index (χ1v) is 7.25. The highest BCUT2D eigenvalue weighted by molar-refractivity contribution is 5.77. The van der Waals surface area contributed by atoms with Gasteiger partial charge in [-0.1, -0.05) is 19.9 Å². The Bertz CT molecular complexity index is 380. The summed E-state index contributed by atoms with van der Waals surface area (Å²) in [6, 6.07) is 3.27. The zero-order valence-corrected chi connectivity index (χ0v) is 12.6. The van der Waals surface area contributed by atoms with E-state index in [1.807, 2.05) is 19.1 Å². The van der Waals surface area contributed by atoms with E-state index in [2.05, 4.69) is 29.0 Å². The van der Waals surface area contributed by atoms with Crippen LogP contribution in [-0.2, 0) is 9.53 Å². The predicted molar refractivity (Wildman–Crippen MR) is 79.4 cm³/mol. The van der Waals surface area contributed by atoms with Crippen molar-refractivity contribution in [2.45, 2.75) is 26.8 Å². The Labute approximate surface area is 121 Å². The van der Waals surface area contributed by atoms with E-state index in [0.717, 1.165) is 31.7 Å². The van der Waals surface area contributed by atoms with Crippen LogP contribution in [0, 0.1) is 0 Å². The van der Waals surface area contributed by atoms with Gasteiger partial charge in [-0.2, -0.15) is 0 Å². The maximum Gasteiger partial charge on any atom is 0.327 e. The van der Waals surface area contributed by atoms with Crippen molar-refractivity contribution in [1.82, 2.24) is 15.2 Å². The molecule has 0 fully saturated rings. The van der Waals surface area contributed by atoms with E-state index in [9.17, 15) is 4.79 Å². The Morgan fingerprint density at radius 3 is 2.70 bits per heavy atom. The molecule has 112 valence electrons. The summed E-state index contributed by atoms with van der Waals surface area (Å²) in [6.45, 7) is 10.1. The van der Waals surface area contributed by atoms with Crippen LogP contribution in [0.5, 0.6) is 0 Å². The van der Waals surface area contributed by atoms with Gasteiger partial charge in [0.15, 0.2) is 0 Å². The number of carbonyl (C=O) groups is 1. The first kappa shape index (κ1) is 16.6.